The Hall–Kier alpha value is -0.990. The van der Waals surface area contributed by atoms with Crippen LogP contribution in [0, 0.1) is 55.7 Å². The molecule has 1 fully saturated rings. The Kier molecular flexibility index (Phi) is 10.8. The highest BCUT2D eigenvalue weighted by atomic mass is 79.9. The SMILES string of the molecule is CCCC(C)(C)CC[C@@](C)(CCC(C)(C)[C@]1(C)CC[C@H]2C(C)(C)C(=O)C(C#N)=C[C@]2(C)[C@H]1CC(C)=O)C(O)CBr. The van der Waals surface area contributed by atoms with Crippen LogP contribution in [0.3, 0.4) is 0 Å². The number of halogens is 1. The molecule has 0 aromatic carbocycles. The zero-order valence-corrected chi connectivity index (χ0v) is 29.1. The molecule has 0 radical (unpaired) electrons. The van der Waals surface area contributed by atoms with Crippen LogP contribution in [0.25, 0.3) is 0 Å². The Morgan fingerprint density at radius 2 is 1.68 bits per heavy atom. The second kappa shape index (κ2) is 12.3. The molecule has 40 heavy (non-hydrogen) atoms. The maximum absolute atomic E-state index is 13.3. The summed E-state index contributed by atoms with van der Waals surface area (Å²) >= 11 is 3.57. The lowest BCUT2D eigenvalue weighted by Crippen LogP contribution is -2.60. The van der Waals surface area contributed by atoms with E-state index >= 15 is 0 Å². The number of aliphatic hydroxyl groups excluding tert-OH is 1. The van der Waals surface area contributed by atoms with Gasteiger partial charge in [0.1, 0.15) is 11.9 Å². The van der Waals surface area contributed by atoms with Crippen LogP contribution in [-0.2, 0) is 9.59 Å². The van der Waals surface area contributed by atoms with E-state index < -0.39 is 16.9 Å². The van der Waals surface area contributed by atoms with Crippen molar-refractivity contribution in [3.8, 4) is 6.07 Å². The van der Waals surface area contributed by atoms with E-state index in [1.54, 1.807) is 6.92 Å². The largest absolute Gasteiger partial charge is 0.392 e. The first-order valence-corrected chi connectivity index (χ1v) is 16.7. The van der Waals surface area contributed by atoms with Crippen LogP contribution in [0.4, 0.5) is 0 Å². The van der Waals surface area contributed by atoms with Gasteiger partial charge in [-0.05, 0) is 90.8 Å². The van der Waals surface area contributed by atoms with Crippen molar-refractivity contribution >= 4 is 27.5 Å². The summed E-state index contributed by atoms with van der Waals surface area (Å²) in [7, 11) is 0. The van der Waals surface area contributed by atoms with Gasteiger partial charge in [-0.1, -0.05) is 97.7 Å². The summed E-state index contributed by atoms with van der Waals surface area (Å²) in [6.45, 7) is 24.1. The van der Waals surface area contributed by atoms with Crippen LogP contribution in [0.5, 0.6) is 0 Å². The summed E-state index contributed by atoms with van der Waals surface area (Å²) in [4.78, 5) is 26.1. The lowest BCUT2D eigenvalue weighted by Gasteiger charge is -2.64. The quantitative estimate of drug-likeness (QED) is 0.208. The summed E-state index contributed by atoms with van der Waals surface area (Å²) < 4.78 is 0. The second-order valence-electron chi connectivity index (χ2n) is 16.2. The van der Waals surface area contributed by atoms with Crippen molar-refractivity contribution in [1.29, 1.82) is 5.26 Å². The number of allylic oxidation sites excluding steroid dienone is 2. The molecule has 0 aromatic rings. The second-order valence-corrected chi connectivity index (χ2v) is 16.8. The van der Waals surface area contributed by atoms with Crippen molar-refractivity contribution in [2.45, 2.75) is 140 Å². The first-order chi connectivity index (χ1) is 18.2. The fourth-order valence-corrected chi connectivity index (χ4v) is 9.44. The van der Waals surface area contributed by atoms with Gasteiger partial charge >= 0.3 is 0 Å². The average molecular weight is 621 g/mol. The van der Waals surface area contributed by atoms with Crippen molar-refractivity contribution in [1.82, 2.24) is 0 Å². The van der Waals surface area contributed by atoms with Gasteiger partial charge in [0.25, 0.3) is 0 Å². The number of Topliss-reactive ketones (excluding diaryl/α,β-unsaturated/α-hetero) is 2. The lowest BCUT2D eigenvalue weighted by atomic mass is 9.39. The van der Waals surface area contributed by atoms with Crippen LogP contribution in [-0.4, -0.2) is 28.1 Å². The molecule has 228 valence electrons. The van der Waals surface area contributed by atoms with E-state index in [2.05, 4.69) is 77.4 Å². The van der Waals surface area contributed by atoms with E-state index in [1.165, 1.54) is 6.42 Å². The summed E-state index contributed by atoms with van der Waals surface area (Å²) in [6.07, 6.45) is 10.0. The maximum Gasteiger partial charge on any atom is 0.178 e. The minimum absolute atomic E-state index is 0.0119. The summed E-state index contributed by atoms with van der Waals surface area (Å²) in [5.74, 6) is 0.192. The van der Waals surface area contributed by atoms with Gasteiger partial charge in [0.15, 0.2) is 5.78 Å². The van der Waals surface area contributed by atoms with Crippen molar-refractivity contribution in [2.24, 2.45) is 44.3 Å². The van der Waals surface area contributed by atoms with Crippen molar-refractivity contribution < 1.29 is 14.7 Å². The highest BCUT2D eigenvalue weighted by molar-refractivity contribution is 9.09. The Balaban J connectivity index is 2.50. The van der Waals surface area contributed by atoms with E-state index in [1.807, 2.05) is 19.9 Å². The monoisotopic (exact) mass is 619 g/mol. The maximum atomic E-state index is 13.3. The number of fused-ring (bicyclic) bond motifs is 1. The average Bonchev–Trinajstić information content (AvgIpc) is 2.85. The number of hydrogen-bond donors (Lipinski definition) is 1. The summed E-state index contributed by atoms with van der Waals surface area (Å²) in [5.41, 5.74) is -1.09. The topological polar surface area (TPSA) is 78.2 Å². The minimum Gasteiger partial charge on any atom is -0.392 e. The number of nitrogens with zero attached hydrogens (tertiary/aromatic N) is 1. The van der Waals surface area contributed by atoms with E-state index in [0.717, 1.165) is 44.9 Å². The molecule has 0 amide bonds. The molecule has 2 aliphatic rings. The molecule has 1 saturated carbocycles. The molecule has 1 unspecified atom stereocenters. The number of aliphatic hydroxyl groups is 1. The molecule has 0 aliphatic heterocycles. The Morgan fingerprint density at radius 3 is 2.17 bits per heavy atom. The molecular weight excluding hydrogens is 562 g/mol. The Morgan fingerprint density at radius 1 is 1.10 bits per heavy atom. The highest BCUT2D eigenvalue weighted by Gasteiger charge is 2.63. The molecule has 0 heterocycles. The van der Waals surface area contributed by atoms with Gasteiger partial charge in [-0.2, -0.15) is 5.26 Å². The van der Waals surface area contributed by atoms with Gasteiger partial charge in [0, 0.05) is 17.2 Å². The van der Waals surface area contributed by atoms with E-state index in [9.17, 15) is 20.0 Å². The number of carbonyl (C=O) groups excluding carboxylic acids is 2. The zero-order valence-electron chi connectivity index (χ0n) is 27.5. The third kappa shape index (κ3) is 6.64. The minimum atomic E-state index is -0.640. The predicted octanol–water partition coefficient (Wildman–Crippen LogP) is 9.24. The summed E-state index contributed by atoms with van der Waals surface area (Å²) in [5, 5.41) is 21.7. The third-order valence-electron chi connectivity index (χ3n) is 12.1. The molecule has 0 saturated heterocycles. The highest BCUT2D eigenvalue weighted by Crippen LogP contribution is 2.68. The van der Waals surface area contributed by atoms with Gasteiger partial charge < -0.3 is 9.90 Å². The molecule has 2 rings (SSSR count). The van der Waals surface area contributed by atoms with Gasteiger partial charge in [-0.25, -0.2) is 0 Å². The van der Waals surface area contributed by atoms with Gasteiger partial charge in [0.05, 0.1) is 11.7 Å². The normalized spacial score (nSPS) is 31.0. The van der Waals surface area contributed by atoms with Crippen molar-refractivity contribution in [3.63, 3.8) is 0 Å². The number of hydrogen-bond acceptors (Lipinski definition) is 4. The Labute approximate surface area is 254 Å². The molecule has 2 aliphatic carbocycles. The molecule has 0 spiro atoms. The lowest BCUT2D eigenvalue weighted by molar-refractivity contribution is -0.156. The molecule has 6 atom stereocenters. The number of ketones is 2. The van der Waals surface area contributed by atoms with Crippen molar-refractivity contribution in [2.75, 3.05) is 5.33 Å². The van der Waals surface area contributed by atoms with Gasteiger partial charge in [-0.15, -0.1) is 0 Å². The molecule has 4 nitrogen and oxygen atoms in total. The Bertz CT molecular complexity index is 1020. The van der Waals surface area contributed by atoms with Crippen LogP contribution in [0.15, 0.2) is 11.6 Å². The van der Waals surface area contributed by atoms with Crippen LogP contribution in [0.1, 0.15) is 134 Å². The summed E-state index contributed by atoms with van der Waals surface area (Å²) in [6, 6.07) is 2.20. The van der Waals surface area contributed by atoms with Gasteiger partial charge in [-0.3, -0.25) is 4.79 Å². The molecule has 0 bridgehead atoms. The smallest absolute Gasteiger partial charge is 0.178 e. The van der Waals surface area contributed by atoms with Crippen LogP contribution < -0.4 is 0 Å². The van der Waals surface area contributed by atoms with Crippen LogP contribution >= 0.6 is 15.9 Å². The van der Waals surface area contributed by atoms with Gasteiger partial charge in [0.2, 0.25) is 0 Å². The third-order valence-corrected chi connectivity index (χ3v) is 12.7. The van der Waals surface area contributed by atoms with E-state index in [-0.39, 0.29) is 50.6 Å². The van der Waals surface area contributed by atoms with Crippen LogP contribution in [0.2, 0.25) is 0 Å². The number of carbonyl (C=O) groups is 2. The predicted molar refractivity (Wildman–Crippen MR) is 169 cm³/mol. The standard InChI is InChI=1S/C35H58BrNO3/c1-12-14-30(3,4)16-18-33(9,28(39)22-36)19-17-31(5,6)35(11)15-13-26-32(7,8)29(40)25(23-37)21-34(26,10)27(35)20-24(2)38/h21,26-28,39H,12-20,22H2,1-11H3/t26-,27+,28?,33-,34-,35+/m0/s1. The number of nitriles is 1. The fourth-order valence-electron chi connectivity index (χ4n) is 8.66. The molecular formula is C35H58BrNO3. The van der Waals surface area contributed by atoms with E-state index in [0.29, 0.717) is 11.8 Å². The fraction of sp³-hybridized carbons (Fsp3) is 0.857. The zero-order chi connectivity index (χ0) is 30.9. The van der Waals surface area contributed by atoms with Crippen molar-refractivity contribution in [3.05, 3.63) is 11.6 Å². The number of alkyl halides is 1. The first-order valence-electron chi connectivity index (χ1n) is 15.6. The molecule has 5 heteroatoms. The number of rotatable bonds is 13. The molecule has 1 N–H and O–H groups in total. The van der Waals surface area contributed by atoms with E-state index in [4.69, 9.17) is 0 Å². The first kappa shape index (κ1) is 35.2. The molecule has 0 aromatic heterocycles.